The molecule has 5 heteroatoms. The predicted octanol–water partition coefficient (Wildman–Crippen LogP) is 3.25. The van der Waals surface area contributed by atoms with Gasteiger partial charge in [0.05, 0.1) is 5.69 Å². The Hall–Kier alpha value is -0.250. The first kappa shape index (κ1) is 13.8. The lowest BCUT2D eigenvalue weighted by molar-refractivity contribution is 0.366. The summed E-state index contributed by atoms with van der Waals surface area (Å²) in [4.78, 5) is 3.99. The van der Waals surface area contributed by atoms with E-state index in [1.807, 2.05) is 7.05 Å². The zero-order valence-corrected chi connectivity index (χ0v) is 11.8. The minimum absolute atomic E-state index is 0.348. The molecule has 1 aromatic rings. The van der Waals surface area contributed by atoms with Crippen molar-refractivity contribution < 1.29 is 0 Å². The summed E-state index contributed by atoms with van der Waals surface area (Å²) in [6.45, 7) is 8.33. The summed E-state index contributed by atoms with van der Waals surface area (Å²) in [6, 6.07) is 0. The Labute approximate surface area is 107 Å². The minimum atomic E-state index is 0.348. The van der Waals surface area contributed by atoms with Crippen LogP contribution in [0.4, 0.5) is 0 Å². The summed E-state index contributed by atoms with van der Waals surface area (Å²) in [5.74, 6) is 0. The van der Waals surface area contributed by atoms with Gasteiger partial charge >= 0.3 is 0 Å². The Morgan fingerprint density at radius 1 is 1.31 bits per heavy atom. The smallest absolute Gasteiger partial charge is 0.204 e. The van der Waals surface area contributed by atoms with E-state index < -0.39 is 0 Å². The minimum Gasteiger partial charge on any atom is -0.319 e. The van der Waals surface area contributed by atoms with Gasteiger partial charge in [-0.1, -0.05) is 32.4 Å². The molecule has 0 aliphatic heterocycles. The maximum Gasteiger partial charge on any atom is 0.204 e. The maximum absolute atomic E-state index is 5.96. The van der Waals surface area contributed by atoms with Crippen LogP contribution in [0.25, 0.3) is 0 Å². The van der Waals surface area contributed by atoms with E-state index in [9.17, 15) is 0 Å². The Kier molecular flexibility index (Phi) is 4.65. The number of imidazole rings is 1. The molecule has 0 bridgehead atoms. The molecule has 0 saturated carbocycles. The van der Waals surface area contributed by atoms with Gasteiger partial charge in [0, 0.05) is 13.6 Å². The molecule has 0 aliphatic carbocycles. The van der Waals surface area contributed by atoms with E-state index in [-0.39, 0.29) is 0 Å². The molecule has 0 amide bonds. The number of nitrogens with zero attached hydrogens (tertiary/aromatic N) is 2. The molecule has 0 aromatic carbocycles. The van der Waals surface area contributed by atoms with E-state index in [2.05, 4.69) is 31.1 Å². The molecule has 16 heavy (non-hydrogen) atoms. The van der Waals surface area contributed by atoms with Crippen LogP contribution in [0.2, 0.25) is 10.4 Å². The zero-order valence-electron chi connectivity index (χ0n) is 10.3. The van der Waals surface area contributed by atoms with Gasteiger partial charge in [-0.2, -0.15) is 0 Å². The SMILES string of the molecule is Cn1c(Cl)nc(Cl)c1CNCCC(C)(C)C. The molecule has 1 N–H and O–H groups in total. The van der Waals surface area contributed by atoms with Crippen molar-refractivity contribution in [2.45, 2.75) is 33.7 Å². The molecule has 0 unspecified atom stereocenters. The van der Waals surface area contributed by atoms with E-state index in [0.717, 1.165) is 18.7 Å². The van der Waals surface area contributed by atoms with Gasteiger partial charge in [-0.05, 0) is 30.0 Å². The lowest BCUT2D eigenvalue weighted by atomic mass is 9.92. The first-order valence-corrected chi connectivity index (χ1v) is 6.14. The number of hydrogen-bond donors (Lipinski definition) is 1. The Morgan fingerprint density at radius 2 is 1.94 bits per heavy atom. The summed E-state index contributed by atoms with van der Waals surface area (Å²) >= 11 is 11.8. The van der Waals surface area contributed by atoms with Crippen molar-refractivity contribution in [3.05, 3.63) is 16.1 Å². The fraction of sp³-hybridized carbons (Fsp3) is 0.727. The highest BCUT2D eigenvalue weighted by atomic mass is 35.5. The van der Waals surface area contributed by atoms with Gasteiger partial charge in [0.1, 0.15) is 0 Å². The van der Waals surface area contributed by atoms with E-state index >= 15 is 0 Å². The number of rotatable bonds is 4. The lowest BCUT2D eigenvalue weighted by Gasteiger charge is -2.18. The summed E-state index contributed by atoms with van der Waals surface area (Å²) in [7, 11) is 1.86. The van der Waals surface area contributed by atoms with E-state index in [4.69, 9.17) is 23.2 Å². The highest BCUT2D eigenvalue weighted by molar-refractivity contribution is 6.32. The van der Waals surface area contributed by atoms with E-state index in [0.29, 0.717) is 22.4 Å². The van der Waals surface area contributed by atoms with Crippen molar-refractivity contribution in [2.24, 2.45) is 12.5 Å². The van der Waals surface area contributed by atoms with Crippen LogP contribution in [0.15, 0.2) is 0 Å². The highest BCUT2D eigenvalue weighted by Crippen LogP contribution is 2.20. The summed E-state index contributed by atoms with van der Waals surface area (Å²) in [5, 5.41) is 4.26. The molecular formula is C11H19Cl2N3. The van der Waals surface area contributed by atoms with Gasteiger partial charge in [0.25, 0.3) is 0 Å². The first-order chi connectivity index (χ1) is 7.31. The van der Waals surface area contributed by atoms with Crippen LogP contribution in [0, 0.1) is 5.41 Å². The molecule has 3 nitrogen and oxygen atoms in total. The van der Waals surface area contributed by atoms with Crippen LogP contribution >= 0.6 is 23.2 Å². The van der Waals surface area contributed by atoms with Gasteiger partial charge in [-0.15, -0.1) is 0 Å². The van der Waals surface area contributed by atoms with E-state index in [1.54, 1.807) is 4.57 Å². The van der Waals surface area contributed by atoms with Crippen molar-refractivity contribution in [2.75, 3.05) is 6.54 Å². The fourth-order valence-electron chi connectivity index (χ4n) is 1.33. The number of hydrogen-bond acceptors (Lipinski definition) is 2. The second-order valence-electron chi connectivity index (χ2n) is 5.16. The van der Waals surface area contributed by atoms with Crippen molar-refractivity contribution in [3.63, 3.8) is 0 Å². The molecule has 0 radical (unpaired) electrons. The maximum atomic E-state index is 5.96. The fourth-order valence-corrected chi connectivity index (χ4v) is 1.84. The quantitative estimate of drug-likeness (QED) is 0.846. The Morgan fingerprint density at radius 3 is 2.38 bits per heavy atom. The third-order valence-corrected chi connectivity index (χ3v) is 3.10. The highest BCUT2D eigenvalue weighted by Gasteiger charge is 2.12. The van der Waals surface area contributed by atoms with Crippen LogP contribution < -0.4 is 5.32 Å². The number of aromatic nitrogens is 2. The third kappa shape index (κ3) is 3.96. The molecule has 0 fully saturated rings. The Balaban J connectivity index is 2.43. The standard InChI is InChI=1S/C11H19Cl2N3/c1-11(2,3)5-6-14-7-8-9(12)15-10(13)16(8)4/h14H,5-7H2,1-4H3. The summed E-state index contributed by atoms with van der Waals surface area (Å²) in [5.41, 5.74) is 1.28. The molecule has 0 spiro atoms. The van der Waals surface area contributed by atoms with Crippen LogP contribution in [0.5, 0.6) is 0 Å². The molecular weight excluding hydrogens is 245 g/mol. The molecule has 1 aromatic heterocycles. The normalized spacial score (nSPS) is 12.1. The summed E-state index contributed by atoms with van der Waals surface area (Å²) in [6.07, 6.45) is 1.12. The molecule has 0 atom stereocenters. The third-order valence-electron chi connectivity index (χ3n) is 2.45. The number of nitrogens with one attached hydrogen (secondary N) is 1. The van der Waals surface area contributed by atoms with Crippen molar-refractivity contribution in [1.82, 2.24) is 14.9 Å². The first-order valence-electron chi connectivity index (χ1n) is 5.38. The van der Waals surface area contributed by atoms with Gasteiger partial charge in [-0.25, -0.2) is 4.98 Å². The van der Waals surface area contributed by atoms with Crippen LogP contribution in [-0.2, 0) is 13.6 Å². The second kappa shape index (κ2) is 5.39. The molecule has 92 valence electrons. The average Bonchev–Trinajstić information content (AvgIpc) is 2.36. The van der Waals surface area contributed by atoms with Crippen molar-refractivity contribution in [1.29, 1.82) is 0 Å². The molecule has 0 saturated heterocycles. The van der Waals surface area contributed by atoms with Crippen molar-refractivity contribution >= 4 is 23.2 Å². The van der Waals surface area contributed by atoms with Crippen LogP contribution in [0.3, 0.4) is 0 Å². The van der Waals surface area contributed by atoms with Gasteiger partial charge in [0.15, 0.2) is 5.15 Å². The topological polar surface area (TPSA) is 29.9 Å². The molecule has 1 heterocycles. The van der Waals surface area contributed by atoms with Crippen LogP contribution in [-0.4, -0.2) is 16.1 Å². The Bertz CT molecular complexity index is 353. The summed E-state index contributed by atoms with van der Waals surface area (Å²) < 4.78 is 1.80. The molecule has 0 aliphatic rings. The van der Waals surface area contributed by atoms with Gasteiger partial charge in [0.2, 0.25) is 5.28 Å². The number of halogens is 2. The second-order valence-corrected chi connectivity index (χ2v) is 5.86. The van der Waals surface area contributed by atoms with E-state index in [1.165, 1.54) is 0 Å². The van der Waals surface area contributed by atoms with Gasteiger partial charge in [-0.3, -0.25) is 0 Å². The molecule has 1 rings (SSSR count). The average molecular weight is 264 g/mol. The zero-order chi connectivity index (χ0) is 12.3. The van der Waals surface area contributed by atoms with Gasteiger partial charge < -0.3 is 9.88 Å². The monoisotopic (exact) mass is 263 g/mol. The van der Waals surface area contributed by atoms with Crippen molar-refractivity contribution in [3.8, 4) is 0 Å². The predicted molar refractivity (Wildman–Crippen MR) is 69.0 cm³/mol. The lowest BCUT2D eigenvalue weighted by Crippen LogP contribution is -2.21. The van der Waals surface area contributed by atoms with Crippen LogP contribution in [0.1, 0.15) is 32.9 Å². The largest absolute Gasteiger partial charge is 0.319 e.